The zero-order valence-electron chi connectivity index (χ0n) is 13.1. The zero-order chi connectivity index (χ0) is 17.8. The van der Waals surface area contributed by atoms with Crippen LogP contribution in [0.2, 0.25) is 5.02 Å². The minimum atomic E-state index is -0.338. The number of amides is 2. The van der Waals surface area contributed by atoms with Gasteiger partial charge in [0.25, 0.3) is 11.8 Å². The Bertz CT molecular complexity index is 927. The van der Waals surface area contributed by atoms with Crippen LogP contribution < -0.4 is 10.6 Å². The molecule has 0 aliphatic heterocycles. The number of benzene rings is 1. The summed E-state index contributed by atoms with van der Waals surface area (Å²) in [7, 11) is 0. The van der Waals surface area contributed by atoms with Gasteiger partial charge in [-0.05, 0) is 37.3 Å². The molecule has 0 fully saturated rings. The number of rotatable bonds is 4. The van der Waals surface area contributed by atoms with E-state index in [9.17, 15) is 9.59 Å². The summed E-state index contributed by atoms with van der Waals surface area (Å²) < 4.78 is 0. The maximum absolute atomic E-state index is 12.4. The molecule has 1 aromatic carbocycles. The Balaban J connectivity index is 1.74. The van der Waals surface area contributed by atoms with Crippen molar-refractivity contribution < 1.29 is 9.59 Å². The molecule has 0 bridgehead atoms. The average molecular weight is 373 g/mol. The molecule has 0 saturated heterocycles. The fourth-order valence-corrected chi connectivity index (χ4v) is 3.13. The number of pyridine rings is 1. The van der Waals surface area contributed by atoms with Crippen molar-refractivity contribution in [1.82, 2.24) is 9.97 Å². The highest BCUT2D eigenvalue weighted by atomic mass is 35.5. The summed E-state index contributed by atoms with van der Waals surface area (Å²) in [4.78, 5) is 33.2. The smallest absolute Gasteiger partial charge is 0.267 e. The lowest BCUT2D eigenvalue weighted by molar-refractivity contribution is 0.102. The molecule has 0 atom stereocenters. The number of aromatic nitrogens is 2. The second-order valence-electron chi connectivity index (χ2n) is 5.09. The monoisotopic (exact) mass is 372 g/mol. The van der Waals surface area contributed by atoms with Crippen LogP contribution in [0.4, 0.5) is 10.8 Å². The maximum atomic E-state index is 12.4. The number of nitrogens with zero attached hydrogens (tertiary/aromatic N) is 2. The quantitative estimate of drug-likeness (QED) is 0.724. The van der Waals surface area contributed by atoms with Crippen molar-refractivity contribution in [2.45, 2.75) is 6.92 Å². The molecule has 126 valence electrons. The molecule has 25 heavy (non-hydrogen) atoms. The number of aryl methyl sites for hydroxylation is 1. The Labute approximate surface area is 152 Å². The van der Waals surface area contributed by atoms with Gasteiger partial charge < -0.3 is 5.32 Å². The van der Waals surface area contributed by atoms with Crippen LogP contribution in [0.15, 0.2) is 48.8 Å². The van der Waals surface area contributed by atoms with Crippen LogP contribution in [0.1, 0.15) is 25.7 Å². The third-order valence-electron chi connectivity index (χ3n) is 3.23. The summed E-state index contributed by atoms with van der Waals surface area (Å²) in [5.41, 5.74) is 1.54. The van der Waals surface area contributed by atoms with E-state index in [1.165, 1.54) is 0 Å². The van der Waals surface area contributed by atoms with E-state index in [4.69, 9.17) is 11.6 Å². The van der Waals surface area contributed by atoms with Gasteiger partial charge in [0, 0.05) is 16.8 Å². The third kappa shape index (κ3) is 4.20. The summed E-state index contributed by atoms with van der Waals surface area (Å²) in [5, 5.41) is 6.24. The topological polar surface area (TPSA) is 84.0 Å². The Hall–Kier alpha value is -2.77. The number of halogens is 1. The molecule has 3 rings (SSSR count). The Kier molecular flexibility index (Phi) is 5.06. The molecule has 0 saturated carbocycles. The minimum absolute atomic E-state index is 0.300. The van der Waals surface area contributed by atoms with E-state index in [1.807, 2.05) is 0 Å². The largest absolute Gasteiger partial charge is 0.320 e. The first-order valence-electron chi connectivity index (χ1n) is 7.28. The molecular formula is C17H13ClN4O2S. The zero-order valence-corrected chi connectivity index (χ0v) is 14.7. The number of carbonyl (C=O) groups is 2. The summed E-state index contributed by atoms with van der Waals surface area (Å²) in [5.74, 6) is -0.637. The summed E-state index contributed by atoms with van der Waals surface area (Å²) in [6.45, 7) is 1.71. The molecule has 0 aliphatic carbocycles. The predicted molar refractivity (Wildman–Crippen MR) is 98.4 cm³/mol. The SMILES string of the molecule is Cc1nc(NC(=O)c2cccc(Cl)c2)sc1C(=O)Nc1cccnc1. The molecule has 8 heteroatoms. The molecule has 2 heterocycles. The van der Waals surface area contributed by atoms with Crippen LogP contribution in [0.5, 0.6) is 0 Å². The second kappa shape index (κ2) is 7.42. The van der Waals surface area contributed by atoms with Crippen LogP contribution >= 0.6 is 22.9 Å². The van der Waals surface area contributed by atoms with Gasteiger partial charge in [0.15, 0.2) is 5.13 Å². The maximum Gasteiger partial charge on any atom is 0.267 e. The van der Waals surface area contributed by atoms with E-state index in [2.05, 4.69) is 20.6 Å². The number of carbonyl (C=O) groups excluding carboxylic acids is 2. The molecule has 3 aromatic rings. The highest BCUT2D eigenvalue weighted by Crippen LogP contribution is 2.24. The van der Waals surface area contributed by atoms with E-state index < -0.39 is 0 Å². The molecule has 0 aliphatic rings. The second-order valence-corrected chi connectivity index (χ2v) is 6.53. The molecule has 0 radical (unpaired) electrons. The van der Waals surface area contributed by atoms with Gasteiger partial charge in [-0.1, -0.05) is 29.0 Å². The van der Waals surface area contributed by atoms with E-state index >= 15 is 0 Å². The van der Waals surface area contributed by atoms with Crippen molar-refractivity contribution in [2.24, 2.45) is 0 Å². The van der Waals surface area contributed by atoms with E-state index in [-0.39, 0.29) is 11.8 Å². The number of nitrogens with one attached hydrogen (secondary N) is 2. The Morgan fingerprint density at radius 3 is 2.68 bits per heavy atom. The Morgan fingerprint density at radius 2 is 1.96 bits per heavy atom. The summed E-state index contributed by atoms with van der Waals surface area (Å²) >= 11 is 6.99. The van der Waals surface area contributed by atoms with Crippen LogP contribution in [-0.2, 0) is 0 Å². The number of thiazole rings is 1. The average Bonchev–Trinajstić information content (AvgIpc) is 2.96. The van der Waals surface area contributed by atoms with E-state index in [0.29, 0.717) is 32.0 Å². The predicted octanol–water partition coefficient (Wildman–Crippen LogP) is 4.00. The molecule has 0 unspecified atom stereocenters. The van der Waals surface area contributed by atoms with E-state index in [1.54, 1.807) is 55.7 Å². The lowest BCUT2D eigenvalue weighted by Crippen LogP contribution is -2.11. The fraction of sp³-hybridized carbons (Fsp3) is 0.0588. The van der Waals surface area contributed by atoms with Gasteiger partial charge in [-0.2, -0.15) is 0 Å². The summed E-state index contributed by atoms with van der Waals surface area (Å²) in [6.07, 6.45) is 3.17. The van der Waals surface area contributed by atoms with Gasteiger partial charge >= 0.3 is 0 Å². The van der Waals surface area contributed by atoms with Crippen molar-refractivity contribution in [3.05, 3.63) is 69.9 Å². The first-order valence-corrected chi connectivity index (χ1v) is 8.48. The number of anilines is 2. The van der Waals surface area contributed by atoms with Crippen LogP contribution in [0.3, 0.4) is 0 Å². The van der Waals surface area contributed by atoms with Gasteiger partial charge in [-0.3, -0.25) is 19.9 Å². The molecule has 2 N–H and O–H groups in total. The van der Waals surface area contributed by atoms with E-state index in [0.717, 1.165) is 11.3 Å². The van der Waals surface area contributed by atoms with Gasteiger partial charge in [0.05, 0.1) is 17.6 Å². The first-order chi connectivity index (χ1) is 12.0. The molecular weight excluding hydrogens is 360 g/mol. The van der Waals surface area contributed by atoms with Crippen molar-refractivity contribution in [3.8, 4) is 0 Å². The molecule has 0 spiro atoms. The van der Waals surface area contributed by atoms with Gasteiger partial charge in [0.2, 0.25) is 0 Å². The lowest BCUT2D eigenvalue weighted by Gasteiger charge is -2.02. The normalized spacial score (nSPS) is 10.3. The minimum Gasteiger partial charge on any atom is -0.320 e. The van der Waals surface area contributed by atoms with Crippen molar-refractivity contribution >= 4 is 45.6 Å². The molecule has 6 nitrogen and oxygen atoms in total. The van der Waals surface area contributed by atoms with Crippen molar-refractivity contribution in [2.75, 3.05) is 10.6 Å². The van der Waals surface area contributed by atoms with Gasteiger partial charge in [-0.15, -0.1) is 0 Å². The highest BCUT2D eigenvalue weighted by Gasteiger charge is 2.17. The van der Waals surface area contributed by atoms with Crippen molar-refractivity contribution in [3.63, 3.8) is 0 Å². The fourth-order valence-electron chi connectivity index (χ4n) is 2.08. The van der Waals surface area contributed by atoms with Crippen LogP contribution in [0, 0.1) is 6.92 Å². The lowest BCUT2D eigenvalue weighted by atomic mass is 10.2. The van der Waals surface area contributed by atoms with Crippen LogP contribution in [0.25, 0.3) is 0 Å². The first kappa shape index (κ1) is 17.1. The number of hydrogen-bond donors (Lipinski definition) is 2. The standard InChI is InChI=1S/C17H13ClN4O2S/c1-10-14(16(24)21-13-6-3-7-19-9-13)25-17(20-10)22-15(23)11-4-2-5-12(18)8-11/h2-9H,1H3,(H,21,24)(H,20,22,23). The Morgan fingerprint density at radius 1 is 1.12 bits per heavy atom. The van der Waals surface area contributed by atoms with Gasteiger partial charge in [-0.25, -0.2) is 4.98 Å². The van der Waals surface area contributed by atoms with Gasteiger partial charge in [0.1, 0.15) is 4.88 Å². The van der Waals surface area contributed by atoms with Crippen molar-refractivity contribution in [1.29, 1.82) is 0 Å². The molecule has 2 aromatic heterocycles. The molecule has 2 amide bonds. The summed E-state index contributed by atoms with van der Waals surface area (Å²) in [6, 6.07) is 10.1. The number of hydrogen-bond acceptors (Lipinski definition) is 5. The third-order valence-corrected chi connectivity index (χ3v) is 4.54. The van der Waals surface area contributed by atoms with Crippen LogP contribution in [-0.4, -0.2) is 21.8 Å². The highest BCUT2D eigenvalue weighted by molar-refractivity contribution is 7.17.